The topological polar surface area (TPSA) is 44.8 Å². The van der Waals surface area contributed by atoms with E-state index in [9.17, 15) is 4.79 Å². The zero-order valence-electron chi connectivity index (χ0n) is 14.8. The average Bonchev–Trinajstić information content (AvgIpc) is 2.64. The number of carbonyl (C=O) groups is 1. The highest BCUT2D eigenvalue weighted by atomic mass is 35.5. The molecular formula is C19H21Cl2N3O2. The second kappa shape index (κ2) is 8.06. The fraction of sp³-hybridized carbons (Fsp3) is 0.316. The van der Waals surface area contributed by atoms with E-state index in [2.05, 4.69) is 16.3 Å². The Morgan fingerprint density at radius 1 is 1.08 bits per heavy atom. The average molecular weight is 394 g/mol. The molecule has 1 heterocycles. The van der Waals surface area contributed by atoms with Gasteiger partial charge in [-0.25, -0.2) is 4.79 Å². The van der Waals surface area contributed by atoms with E-state index in [1.54, 1.807) is 30.2 Å². The lowest BCUT2D eigenvalue weighted by Crippen LogP contribution is -2.50. The van der Waals surface area contributed by atoms with Gasteiger partial charge < -0.3 is 19.9 Å². The Kier molecular flexibility index (Phi) is 5.79. The molecule has 5 nitrogen and oxygen atoms in total. The van der Waals surface area contributed by atoms with Crippen LogP contribution < -0.4 is 15.0 Å². The fourth-order valence-electron chi connectivity index (χ4n) is 2.92. The van der Waals surface area contributed by atoms with Crippen LogP contribution in [0.3, 0.4) is 0 Å². The van der Waals surface area contributed by atoms with E-state index in [0.717, 1.165) is 29.4 Å². The maximum Gasteiger partial charge on any atom is 0.322 e. The van der Waals surface area contributed by atoms with Gasteiger partial charge in [-0.3, -0.25) is 0 Å². The third-order valence-electron chi connectivity index (χ3n) is 4.49. The molecule has 0 aromatic heterocycles. The molecule has 0 unspecified atom stereocenters. The van der Waals surface area contributed by atoms with Gasteiger partial charge in [0.25, 0.3) is 0 Å². The molecule has 0 radical (unpaired) electrons. The summed E-state index contributed by atoms with van der Waals surface area (Å²) in [5.74, 6) is 0.579. The molecule has 1 saturated heterocycles. The van der Waals surface area contributed by atoms with Crippen LogP contribution in [0.2, 0.25) is 10.0 Å². The molecule has 1 fully saturated rings. The summed E-state index contributed by atoms with van der Waals surface area (Å²) in [5.41, 5.74) is 2.71. The van der Waals surface area contributed by atoms with E-state index in [1.165, 1.54) is 0 Å². The van der Waals surface area contributed by atoms with Crippen molar-refractivity contribution in [1.29, 1.82) is 0 Å². The number of ether oxygens (including phenoxy) is 1. The second-order valence-corrected chi connectivity index (χ2v) is 7.03. The van der Waals surface area contributed by atoms with Crippen molar-refractivity contribution >= 4 is 40.6 Å². The van der Waals surface area contributed by atoms with Crippen LogP contribution in [0.4, 0.5) is 16.2 Å². The van der Waals surface area contributed by atoms with Crippen LogP contribution >= 0.6 is 23.2 Å². The van der Waals surface area contributed by atoms with Crippen molar-refractivity contribution in [3.63, 3.8) is 0 Å². The highest BCUT2D eigenvalue weighted by Gasteiger charge is 2.22. The zero-order valence-corrected chi connectivity index (χ0v) is 16.3. The third-order valence-corrected chi connectivity index (χ3v) is 5.13. The summed E-state index contributed by atoms with van der Waals surface area (Å²) in [5, 5.41) is 4.18. The molecular weight excluding hydrogens is 373 g/mol. The summed E-state index contributed by atoms with van der Waals surface area (Å²) in [7, 11) is 1.56. The van der Waals surface area contributed by atoms with Gasteiger partial charge in [-0.05, 0) is 42.8 Å². The van der Waals surface area contributed by atoms with Gasteiger partial charge in [-0.1, -0.05) is 29.3 Å². The maximum atomic E-state index is 12.6. The Hall–Kier alpha value is -2.11. The number of hydrogen-bond donors (Lipinski definition) is 1. The van der Waals surface area contributed by atoms with Crippen LogP contribution in [-0.2, 0) is 0 Å². The van der Waals surface area contributed by atoms with Crippen molar-refractivity contribution in [3.8, 4) is 5.75 Å². The standard InChI is InChI=1S/C19H21Cl2N3O2/c1-13-3-5-15(12-16(13)21)23-7-9-24(10-8-23)19(25)22-17-11-14(20)4-6-18(17)26-2/h3-6,11-12H,7-10H2,1-2H3,(H,22,25). The number of amides is 2. The first-order valence-corrected chi connectivity index (χ1v) is 9.14. The molecule has 0 spiro atoms. The first-order chi connectivity index (χ1) is 12.5. The summed E-state index contributed by atoms with van der Waals surface area (Å²) in [6.45, 7) is 4.73. The smallest absolute Gasteiger partial charge is 0.322 e. The molecule has 2 amide bonds. The molecule has 0 bridgehead atoms. The molecule has 0 atom stereocenters. The molecule has 0 saturated carbocycles. The Morgan fingerprint density at radius 2 is 1.81 bits per heavy atom. The molecule has 1 aliphatic heterocycles. The summed E-state index contributed by atoms with van der Waals surface area (Å²) in [6, 6.07) is 11.0. The minimum atomic E-state index is -0.160. The fourth-order valence-corrected chi connectivity index (χ4v) is 3.27. The van der Waals surface area contributed by atoms with Gasteiger partial charge in [0.1, 0.15) is 5.75 Å². The lowest BCUT2D eigenvalue weighted by Gasteiger charge is -2.36. The van der Waals surface area contributed by atoms with E-state index in [1.807, 2.05) is 19.1 Å². The van der Waals surface area contributed by atoms with Crippen molar-refractivity contribution in [3.05, 3.63) is 52.0 Å². The number of carbonyl (C=O) groups excluding carboxylic acids is 1. The van der Waals surface area contributed by atoms with Crippen LogP contribution in [0.5, 0.6) is 5.75 Å². The molecule has 1 aliphatic rings. The predicted octanol–water partition coefficient (Wildman–Crippen LogP) is 4.66. The summed E-state index contributed by atoms with van der Waals surface area (Å²) in [4.78, 5) is 16.6. The van der Waals surface area contributed by atoms with Crippen LogP contribution in [-0.4, -0.2) is 44.2 Å². The quantitative estimate of drug-likeness (QED) is 0.823. The number of nitrogens with one attached hydrogen (secondary N) is 1. The van der Waals surface area contributed by atoms with E-state index < -0.39 is 0 Å². The van der Waals surface area contributed by atoms with Crippen molar-refractivity contribution in [2.75, 3.05) is 43.5 Å². The minimum Gasteiger partial charge on any atom is -0.495 e. The third kappa shape index (κ3) is 4.17. The number of urea groups is 1. The highest BCUT2D eigenvalue weighted by molar-refractivity contribution is 6.31. The van der Waals surface area contributed by atoms with Gasteiger partial charge in [0, 0.05) is 41.9 Å². The van der Waals surface area contributed by atoms with Crippen molar-refractivity contribution < 1.29 is 9.53 Å². The van der Waals surface area contributed by atoms with E-state index in [4.69, 9.17) is 27.9 Å². The number of aryl methyl sites for hydroxylation is 1. The van der Waals surface area contributed by atoms with Crippen molar-refractivity contribution in [2.24, 2.45) is 0 Å². The van der Waals surface area contributed by atoms with Gasteiger partial charge >= 0.3 is 6.03 Å². The number of anilines is 2. The van der Waals surface area contributed by atoms with Gasteiger partial charge in [0.2, 0.25) is 0 Å². The number of halogens is 2. The second-order valence-electron chi connectivity index (χ2n) is 6.18. The van der Waals surface area contributed by atoms with E-state index in [0.29, 0.717) is 29.5 Å². The number of hydrogen-bond acceptors (Lipinski definition) is 3. The van der Waals surface area contributed by atoms with Crippen LogP contribution in [0.15, 0.2) is 36.4 Å². The number of rotatable bonds is 3. The van der Waals surface area contributed by atoms with E-state index in [-0.39, 0.29) is 6.03 Å². The number of nitrogens with zero attached hydrogens (tertiary/aromatic N) is 2. The normalized spacial score (nSPS) is 14.3. The van der Waals surface area contributed by atoms with Gasteiger partial charge in [0.05, 0.1) is 12.8 Å². The summed E-state index contributed by atoms with van der Waals surface area (Å²) in [6.07, 6.45) is 0. The van der Waals surface area contributed by atoms with Crippen molar-refractivity contribution in [1.82, 2.24) is 4.90 Å². The summed E-state index contributed by atoms with van der Waals surface area (Å²) < 4.78 is 5.27. The van der Waals surface area contributed by atoms with E-state index >= 15 is 0 Å². The van der Waals surface area contributed by atoms with Gasteiger partial charge in [-0.2, -0.15) is 0 Å². The molecule has 26 heavy (non-hydrogen) atoms. The van der Waals surface area contributed by atoms with Crippen LogP contribution in [0.25, 0.3) is 0 Å². The Morgan fingerprint density at radius 3 is 2.46 bits per heavy atom. The van der Waals surface area contributed by atoms with Crippen LogP contribution in [0, 0.1) is 6.92 Å². The van der Waals surface area contributed by atoms with Crippen LogP contribution in [0.1, 0.15) is 5.56 Å². The highest BCUT2D eigenvalue weighted by Crippen LogP contribution is 2.28. The SMILES string of the molecule is COc1ccc(Cl)cc1NC(=O)N1CCN(c2ccc(C)c(Cl)c2)CC1. The zero-order chi connectivity index (χ0) is 18.7. The first kappa shape index (κ1) is 18.7. The molecule has 2 aromatic carbocycles. The number of methoxy groups -OCH3 is 1. The Bertz CT molecular complexity index is 805. The molecule has 3 rings (SSSR count). The van der Waals surface area contributed by atoms with Gasteiger partial charge in [-0.15, -0.1) is 0 Å². The molecule has 1 N–H and O–H groups in total. The molecule has 2 aromatic rings. The molecule has 0 aliphatic carbocycles. The lowest BCUT2D eigenvalue weighted by atomic mass is 10.2. The molecule has 7 heteroatoms. The Balaban J connectivity index is 1.62. The largest absolute Gasteiger partial charge is 0.495 e. The first-order valence-electron chi connectivity index (χ1n) is 8.38. The van der Waals surface area contributed by atoms with Crippen molar-refractivity contribution in [2.45, 2.75) is 6.92 Å². The maximum absolute atomic E-state index is 12.6. The minimum absolute atomic E-state index is 0.160. The number of benzene rings is 2. The lowest BCUT2D eigenvalue weighted by molar-refractivity contribution is 0.208. The molecule has 138 valence electrons. The monoisotopic (exact) mass is 393 g/mol. The predicted molar refractivity (Wildman–Crippen MR) is 107 cm³/mol. The summed E-state index contributed by atoms with van der Waals surface area (Å²) >= 11 is 12.2. The van der Waals surface area contributed by atoms with Gasteiger partial charge in [0.15, 0.2) is 0 Å². The number of piperazine rings is 1. The Labute approximate surface area is 163 Å².